The number of anilines is 3. The molecule has 0 unspecified atom stereocenters. The normalized spacial score (nSPS) is 18.6. The Kier molecular flexibility index (Phi) is 6.31. The zero-order chi connectivity index (χ0) is 22.7. The van der Waals surface area contributed by atoms with E-state index in [4.69, 9.17) is 4.74 Å². The predicted molar refractivity (Wildman–Crippen MR) is 117 cm³/mol. The zero-order valence-corrected chi connectivity index (χ0v) is 17.6. The second kappa shape index (κ2) is 9.31. The Bertz CT molecular complexity index is 1110. The average Bonchev–Trinajstić information content (AvgIpc) is 2.75. The number of benzene rings is 1. The molecule has 2 N–H and O–H groups in total. The molecule has 1 saturated heterocycles. The van der Waals surface area contributed by atoms with Crippen molar-refractivity contribution >= 4 is 17.5 Å². The summed E-state index contributed by atoms with van der Waals surface area (Å²) in [6.45, 7) is 2.47. The van der Waals surface area contributed by atoms with Gasteiger partial charge in [-0.3, -0.25) is 4.79 Å². The lowest BCUT2D eigenvalue weighted by molar-refractivity contribution is -0.0498. The first kappa shape index (κ1) is 21.7. The summed E-state index contributed by atoms with van der Waals surface area (Å²) in [6, 6.07) is 9.51. The maximum Gasteiger partial charge on any atom is 0.387 e. The highest BCUT2D eigenvalue weighted by Gasteiger charge is 2.24. The summed E-state index contributed by atoms with van der Waals surface area (Å²) in [4.78, 5) is 26.0. The fourth-order valence-electron chi connectivity index (χ4n) is 3.62. The van der Waals surface area contributed by atoms with Crippen LogP contribution in [0.2, 0.25) is 0 Å². The van der Waals surface area contributed by atoms with E-state index in [1.54, 1.807) is 36.7 Å². The van der Waals surface area contributed by atoms with Gasteiger partial charge in [0.25, 0.3) is 5.56 Å². The number of aromatic amines is 1. The summed E-state index contributed by atoms with van der Waals surface area (Å²) in [5, 5.41) is 3.05. The maximum atomic E-state index is 12.4. The lowest BCUT2D eigenvalue weighted by Crippen LogP contribution is -2.46. The van der Waals surface area contributed by atoms with Crippen LogP contribution in [0.4, 0.5) is 26.2 Å². The van der Waals surface area contributed by atoms with Crippen molar-refractivity contribution < 1.29 is 18.3 Å². The van der Waals surface area contributed by atoms with Gasteiger partial charge < -0.3 is 24.7 Å². The van der Waals surface area contributed by atoms with Crippen molar-refractivity contribution in [2.24, 2.45) is 0 Å². The molecule has 32 heavy (non-hydrogen) atoms. The van der Waals surface area contributed by atoms with Crippen molar-refractivity contribution in [3.63, 3.8) is 0 Å². The molecule has 0 bridgehead atoms. The molecule has 0 spiro atoms. The molecule has 0 amide bonds. The predicted octanol–water partition coefficient (Wildman–Crippen LogP) is 3.79. The van der Waals surface area contributed by atoms with Crippen LogP contribution in [0, 0.1) is 0 Å². The summed E-state index contributed by atoms with van der Waals surface area (Å²) in [5.74, 6) is 1.09. The third-order valence-corrected chi connectivity index (χ3v) is 4.92. The van der Waals surface area contributed by atoms with E-state index >= 15 is 0 Å². The van der Waals surface area contributed by atoms with Crippen LogP contribution in [-0.2, 0) is 4.74 Å². The largest absolute Gasteiger partial charge is 0.435 e. The number of pyridine rings is 1. The van der Waals surface area contributed by atoms with E-state index in [2.05, 4.69) is 25.0 Å². The van der Waals surface area contributed by atoms with Crippen LogP contribution in [0.1, 0.15) is 13.8 Å². The van der Waals surface area contributed by atoms with Gasteiger partial charge in [0, 0.05) is 31.0 Å². The van der Waals surface area contributed by atoms with Gasteiger partial charge in [0.1, 0.15) is 17.3 Å². The minimum Gasteiger partial charge on any atom is -0.435 e. The molecule has 2 atom stereocenters. The van der Waals surface area contributed by atoms with Gasteiger partial charge in [-0.15, -0.1) is 0 Å². The molecule has 0 aliphatic carbocycles. The van der Waals surface area contributed by atoms with E-state index in [1.165, 1.54) is 12.1 Å². The summed E-state index contributed by atoms with van der Waals surface area (Å²) < 4.78 is 34.8. The highest BCUT2D eigenvalue weighted by atomic mass is 19.3. The van der Waals surface area contributed by atoms with Crippen LogP contribution >= 0.6 is 0 Å². The Morgan fingerprint density at radius 1 is 1.16 bits per heavy atom. The van der Waals surface area contributed by atoms with Gasteiger partial charge in [-0.05, 0) is 43.7 Å². The van der Waals surface area contributed by atoms with Crippen LogP contribution in [0.3, 0.4) is 0 Å². The molecule has 0 saturated carbocycles. The van der Waals surface area contributed by atoms with E-state index in [0.717, 1.165) is 5.56 Å². The number of alkyl halides is 2. The molecule has 3 aromatic rings. The Balaban J connectivity index is 1.54. The molecule has 0 radical (unpaired) electrons. The molecule has 1 aliphatic heterocycles. The maximum absolute atomic E-state index is 12.4. The highest BCUT2D eigenvalue weighted by Crippen LogP contribution is 2.25. The van der Waals surface area contributed by atoms with Gasteiger partial charge in [0.2, 0.25) is 5.95 Å². The second-order valence-corrected chi connectivity index (χ2v) is 7.56. The molecule has 1 fully saturated rings. The molecule has 3 heterocycles. The Hall–Kier alpha value is -3.53. The van der Waals surface area contributed by atoms with Crippen molar-refractivity contribution in [2.75, 3.05) is 23.3 Å². The molecule has 1 aliphatic rings. The van der Waals surface area contributed by atoms with E-state index in [-0.39, 0.29) is 23.5 Å². The molecular weight excluding hydrogens is 420 g/mol. The fourth-order valence-corrected chi connectivity index (χ4v) is 3.62. The van der Waals surface area contributed by atoms with Crippen LogP contribution < -0.4 is 20.5 Å². The van der Waals surface area contributed by atoms with Gasteiger partial charge in [-0.2, -0.15) is 13.8 Å². The first-order valence-electron chi connectivity index (χ1n) is 10.2. The van der Waals surface area contributed by atoms with Gasteiger partial charge in [0.05, 0.1) is 12.2 Å². The van der Waals surface area contributed by atoms with E-state index in [1.807, 2.05) is 18.7 Å². The van der Waals surface area contributed by atoms with Crippen LogP contribution in [-0.4, -0.2) is 46.9 Å². The monoisotopic (exact) mass is 443 g/mol. The van der Waals surface area contributed by atoms with E-state index in [9.17, 15) is 13.6 Å². The standard InChI is InChI=1S/C22H23F2N5O3/c1-13-11-29(12-14(2)31-13)22-25-8-7-19(28-22)27-18-9-16(10-26-20(18)30)15-3-5-17(6-4-15)32-21(23)24/h3-10,13-14,21H,11-12H2,1-2H3,(H,26,30)(H,25,27,28)/t13-,14+. The summed E-state index contributed by atoms with van der Waals surface area (Å²) in [7, 11) is 0. The lowest BCUT2D eigenvalue weighted by atomic mass is 10.1. The van der Waals surface area contributed by atoms with Crippen LogP contribution in [0.5, 0.6) is 5.75 Å². The number of nitrogens with zero attached hydrogens (tertiary/aromatic N) is 3. The Labute approximate surface area is 183 Å². The average molecular weight is 443 g/mol. The smallest absolute Gasteiger partial charge is 0.387 e. The number of halogens is 2. The van der Waals surface area contributed by atoms with Gasteiger partial charge in [-0.25, -0.2) is 4.98 Å². The fraction of sp³-hybridized carbons (Fsp3) is 0.318. The molecule has 4 rings (SSSR count). The van der Waals surface area contributed by atoms with Gasteiger partial charge >= 0.3 is 6.61 Å². The van der Waals surface area contributed by atoms with Crippen molar-refractivity contribution in [1.29, 1.82) is 0 Å². The number of H-pyrrole nitrogens is 1. The van der Waals surface area contributed by atoms with E-state index < -0.39 is 6.61 Å². The summed E-state index contributed by atoms with van der Waals surface area (Å²) >= 11 is 0. The molecule has 168 valence electrons. The number of ether oxygens (including phenoxy) is 2. The first-order chi connectivity index (χ1) is 15.4. The number of hydrogen-bond acceptors (Lipinski definition) is 7. The number of nitrogens with one attached hydrogen (secondary N) is 2. The van der Waals surface area contributed by atoms with E-state index in [0.29, 0.717) is 36.1 Å². The van der Waals surface area contributed by atoms with Crippen molar-refractivity contribution in [1.82, 2.24) is 15.0 Å². The minimum absolute atomic E-state index is 0.0618. The lowest BCUT2D eigenvalue weighted by Gasteiger charge is -2.35. The topological polar surface area (TPSA) is 92.4 Å². The van der Waals surface area contributed by atoms with Gasteiger partial charge in [-0.1, -0.05) is 12.1 Å². The van der Waals surface area contributed by atoms with Crippen molar-refractivity contribution in [2.45, 2.75) is 32.7 Å². The second-order valence-electron chi connectivity index (χ2n) is 7.56. The SMILES string of the molecule is C[C@@H]1CN(c2nccc(Nc3cc(-c4ccc(OC(F)F)cc4)c[nH]c3=O)n2)C[C@H](C)O1. The molecule has 10 heteroatoms. The third-order valence-electron chi connectivity index (χ3n) is 4.92. The number of rotatable bonds is 6. The first-order valence-corrected chi connectivity index (χ1v) is 10.2. The number of hydrogen-bond donors (Lipinski definition) is 2. The molecule has 1 aromatic carbocycles. The quantitative estimate of drug-likeness (QED) is 0.599. The Morgan fingerprint density at radius 2 is 1.88 bits per heavy atom. The van der Waals surface area contributed by atoms with Crippen LogP contribution in [0.25, 0.3) is 11.1 Å². The van der Waals surface area contributed by atoms with Gasteiger partial charge in [0.15, 0.2) is 0 Å². The molecule has 8 nitrogen and oxygen atoms in total. The third kappa shape index (κ3) is 5.20. The van der Waals surface area contributed by atoms with Crippen molar-refractivity contribution in [3.05, 3.63) is 59.1 Å². The molecular formula is C22H23F2N5O3. The van der Waals surface area contributed by atoms with Crippen molar-refractivity contribution in [3.8, 4) is 16.9 Å². The molecule has 2 aromatic heterocycles. The number of morpholine rings is 1. The zero-order valence-electron chi connectivity index (χ0n) is 17.6. The highest BCUT2D eigenvalue weighted by molar-refractivity contribution is 5.69. The van der Waals surface area contributed by atoms with Crippen LogP contribution in [0.15, 0.2) is 53.6 Å². The summed E-state index contributed by atoms with van der Waals surface area (Å²) in [5.41, 5.74) is 1.40. The Morgan fingerprint density at radius 3 is 2.56 bits per heavy atom. The minimum atomic E-state index is -2.88. The summed E-state index contributed by atoms with van der Waals surface area (Å²) in [6.07, 6.45) is 3.32. The number of aromatic nitrogens is 3.